The van der Waals surface area contributed by atoms with Gasteiger partial charge in [-0.05, 0) is 67.4 Å². The molecule has 3 rings (SSSR count). The Labute approximate surface area is 189 Å². The van der Waals surface area contributed by atoms with Crippen molar-refractivity contribution in [2.24, 2.45) is 0 Å². The maximum absolute atomic E-state index is 12.4. The normalized spacial score (nSPS) is 10.7. The first-order valence-electron chi connectivity index (χ1n) is 10.6. The lowest BCUT2D eigenvalue weighted by atomic mass is 10.1. The van der Waals surface area contributed by atoms with Crippen molar-refractivity contribution < 1.29 is 23.7 Å². The van der Waals surface area contributed by atoms with Gasteiger partial charge in [0.1, 0.15) is 18.1 Å². The van der Waals surface area contributed by atoms with E-state index in [1.165, 1.54) is 0 Å². The van der Waals surface area contributed by atoms with E-state index in [0.29, 0.717) is 42.6 Å². The van der Waals surface area contributed by atoms with Gasteiger partial charge in [0.2, 0.25) is 0 Å². The molecule has 0 heterocycles. The fourth-order valence-corrected chi connectivity index (χ4v) is 3.10. The molecule has 0 amide bonds. The molecule has 0 aliphatic rings. The molecule has 0 aliphatic heterocycles. The molecule has 0 aliphatic carbocycles. The predicted octanol–water partition coefficient (Wildman–Crippen LogP) is 5.97. The number of allylic oxidation sites excluding steroid dienone is 1. The molecular formula is C27H28O5. The molecule has 0 N–H and O–H groups in total. The average molecular weight is 433 g/mol. The third kappa shape index (κ3) is 6.38. The van der Waals surface area contributed by atoms with Gasteiger partial charge < -0.3 is 18.9 Å². The first-order valence-corrected chi connectivity index (χ1v) is 10.6. The lowest BCUT2D eigenvalue weighted by molar-refractivity contribution is 0.104. The van der Waals surface area contributed by atoms with Crippen LogP contribution in [0.5, 0.6) is 23.0 Å². The van der Waals surface area contributed by atoms with Gasteiger partial charge in [-0.25, -0.2) is 0 Å². The zero-order chi connectivity index (χ0) is 22.8. The van der Waals surface area contributed by atoms with E-state index in [-0.39, 0.29) is 5.78 Å². The number of ketones is 1. The van der Waals surface area contributed by atoms with Crippen molar-refractivity contribution in [1.29, 1.82) is 0 Å². The van der Waals surface area contributed by atoms with Gasteiger partial charge >= 0.3 is 0 Å². The van der Waals surface area contributed by atoms with Crippen LogP contribution in [-0.2, 0) is 6.61 Å². The van der Waals surface area contributed by atoms with Crippen molar-refractivity contribution in [3.8, 4) is 23.0 Å². The molecule has 0 unspecified atom stereocenters. The molecule has 0 saturated heterocycles. The van der Waals surface area contributed by atoms with Crippen LogP contribution in [0, 0.1) is 0 Å². The second kappa shape index (κ2) is 11.6. The summed E-state index contributed by atoms with van der Waals surface area (Å²) in [4.78, 5) is 12.4. The number of benzene rings is 3. The van der Waals surface area contributed by atoms with Crippen molar-refractivity contribution >= 4 is 11.9 Å². The Morgan fingerprint density at radius 1 is 0.812 bits per heavy atom. The van der Waals surface area contributed by atoms with E-state index in [1.807, 2.05) is 62.4 Å². The molecule has 0 bridgehead atoms. The van der Waals surface area contributed by atoms with Crippen LogP contribution in [0.3, 0.4) is 0 Å². The van der Waals surface area contributed by atoms with E-state index >= 15 is 0 Å². The van der Waals surface area contributed by atoms with Gasteiger partial charge in [-0.2, -0.15) is 0 Å². The molecule has 3 aromatic rings. The molecule has 0 fully saturated rings. The molecule has 5 heteroatoms. The summed E-state index contributed by atoms with van der Waals surface area (Å²) in [5, 5.41) is 0. The van der Waals surface area contributed by atoms with Gasteiger partial charge in [0.15, 0.2) is 17.3 Å². The summed E-state index contributed by atoms with van der Waals surface area (Å²) in [7, 11) is 1.58. The second-order valence-corrected chi connectivity index (χ2v) is 6.94. The van der Waals surface area contributed by atoms with Crippen molar-refractivity contribution in [2.75, 3.05) is 20.3 Å². The Balaban J connectivity index is 1.65. The van der Waals surface area contributed by atoms with Crippen molar-refractivity contribution in [2.45, 2.75) is 20.5 Å². The highest BCUT2D eigenvalue weighted by molar-refractivity contribution is 6.07. The van der Waals surface area contributed by atoms with Crippen molar-refractivity contribution in [3.63, 3.8) is 0 Å². The van der Waals surface area contributed by atoms with Crippen LogP contribution in [0.25, 0.3) is 6.08 Å². The van der Waals surface area contributed by atoms with Gasteiger partial charge in [-0.15, -0.1) is 0 Å². The van der Waals surface area contributed by atoms with Gasteiger partial charge in [-0.1, -0.05) is 36.4 Å². The molecule has 0 atom stereocenters. The topological polar surface area (TPSA) is 54.0 Å². The van der Waals surface area contributed by atoms with Crippen LogP contribution in [-0.4, -0.2) is 26.1 Å². The number of hydrogen-bond acceptors (Lipinski definition) is 5. The fourth-order valence-electron chi connectivity index (χ4n) is 3.10. The Kier molecular flexibility index (Phi) is 8.32. The first kappa shape index (κ1) is 22.9. The summed E-state index contributed by atoms with van der Waals surface area (Å²) in [5.41, 5.74) is 2.43. The zero-order valence-electron chi connectivity index (χ0n) is 18.7. The highest BCUT2D eigenvalue weighted by Gasteiger charge is 2.07. The number of carbonyl (C=O) groups is 1. The van der Waals surface area contributed by atoms with Gasteiger partial charge in [-0.3, -0.25) is 4.79 Å². The molecule has 0 aromatic heterocycles. The first-order chi connectivity index (χ1) is 15.6. The predicted molar refractivity (Wildman–Crippen MR) is 126 cm³/mol. The summed E-state index contributed by atoms with van der Waals surface area (Å²) in [5.74, 6) is 2.72. The quantitative estimate of drug-likeness (QED) is 0.276. The molecule has 5 nitrogen and oxygen atoms in total. The summed E-state index contributed by atoms with van der Waals surface area (Å²) >= 11 is 0. The molecule has 32 heavy (non-hydrogen) atoms. The van der Waals surface area contributed by atoms with Crippen LogP contribution in [0.2, 0.25) is 0 Å². The van der Waals surface area contributed by atoms with E-state index in [9.17, 15) is 4.79 Å². The van der Waals surface area contributed by atoms with E-state index < -0.39 is 0 Å². The van der Waals surface area contributed by atoms with E-state index in [2.05, 4.69) is 0 Å². The zero-order valence-corrected chi connectivity index (χ0v) is 18.7. The lowest BCUT2D eigenvalue weighted by Crippen LogP contribution is -2.01. The minimum Gasteiger partial charge on any atom is -0.497 e. The largest absolute Gasteiger partial charge is 0.497 e. The minimum absolute atomic E-state index is 0.0898. The van der Waals surface area contributed by atoms with Gasteiger partial charge in [0.05, 0.1) is 20.3 Å². The monoisotopic (exact) mass is 432 g/mol. The van der Waals surface area contributed by atoms with E-state index in [0.717, 1.165) is 16.9 Å². The highest BCUT2D eigenvalue weighted by atomic mass is 16.5. The third-order valence-corrected chi connectivity index (χ3v) is 4.65. The molecule has 3 aromatic carbocycles. The maximum Gasteiger partial charge on any atom is 0.185 e. The molecule has 0 spiro atoms. The number of ether oxygens (including phenoxy) is 4. The highest BCUT2D eigenvalue weighted by Crippen LogP contribution is 2.29. The van der Waals surface area contributed by atoms with E-state index in [1.54, 1.807) is 37.5 Å². The summed E-state index contributed by atoms with van der Waals surface area (Å²) < 4.78 is 22.4. The van der Waals surface area contributed by atoms with Crippen molar-refractivity contribution in [1.82, 2.24) is 0 Å². The van der Waals surface area contributed by atoms with Gasteiger partial charge in [0, 0.05) is 5.56 Å². The average Bonchev–Trinajstić information content (AvgIpc) is 2.83. The summed E-state index contributed by atoms with van der Waals surface area (Å²) in [6.45, 7) is 5.42. The summed E-state index contributed by atoms with van der Waals surface area (Å²) in [6.07, 6.45) is 3.33. The molecule has 0 saturated carbocycles. The van der Waals surface area contributed by atoms with Gasteiger partial charge in [0.25, 0.3) is 0 Å². The standard InChI is InChI=1S/C27H28O5/c1-4-30-26-15-13-21(17-27(26)31-5-2)19-32-24-11-6-8-20(16-24)12-14-25(28)22-9-7-10-23(18-22)29-3/h6-18H,4-5,19H2,1-3H3/b14-12+. The lowest BCUT2D eigenvalue weighted by Gasteiger charge is -2.13. The number of carbonyl (C=O) groups excluding carboxylic acids is 1. The molecular weight excluding hydrogens is 404 g/mol. The smallest absolute Gasteiger partial charge is 0.185 e. The minimum atomic E-state index is -0.0898. The Bertz CT molecular complexity index is 1070. The van der Waals surface area contributed by atoms with Crippen LogP contribution in [0.1, 0.15) is 35.3 Å². The Morgan fingerprint density at radius 3 is 2.34 bits per heavy atom. The third-order valence-electron chi connectivity index (χ3n) is 4.65. The second-order valence-electron chi connectivity index (χ2n) is 6.94. The number of hydrogen-bond donors (Lipinski definition) is 0. The fraction of sp³-hybridized carbons (Fsp3) is 0.222. The van der Waals surface area contributed by atoms with Crippen LogP contribution < -0.4 is 18.9 Å². The van der Waals surface area contributed by atoms with Crippen LogP contribution >= 0.6 is 0 Å². The summed E-state index contributed by atoms with van der Waals surface area (Å²) in [6, 6.07) is 20.5. The molecule has 166 valence electrons. The van der Waals surface area contributed by atoms with Crippen LogP contribution in [0.4, 0.5) is 0 Å². The maximum atomic E-state index is 12.4. The molecule has 0 radical (unpaired) electrons. The van der Waals surface area contributed by atoms with Crippen molar-refractivity contribution in [3.05, 3.63) is 89.5 Å². The number of rotatable bonds is 11. The van der Waals surface area contributed by atoms with E-state index in [4.69, 9.17) is 18.9 Å². The Morgan fingerprint density at radius 2 is 1.56 bits per heavy atom. The Hall–Kier alpha value is -3.73. The van der Waals surface area contributed by atoms with Crippen LogP contribution in [0.15, 0.2) is 72.8 Å². The SMILES string of the molecule is CCOc1ccc(COc2cccc(/C=C/C(=O)c3cccc(OC)c3)c2)cc1OCC. The number of methoxy groups -OCH3 is 1.